The molecular formula is C24H32ClN5O2. The van der Waals surface area contributed by atoms with E-state index in [9.17, 15) is 4.79 Å². The summed E-state index contributed by atoms with van der Waals surface area (Å²) in [6, 6.07) is 7.59. The Balaban J connectivity index is 1.43. The van der Waals surface area contributed by atoms with Crippen molar-refractivity contribution in [3.05, 3.63) is 52.4 Å². The van der Waals surface area contributed by atoms with Crippen LogP contribution in [-0.4, -0.2) is 73.8 Å². The molecular weight excluding hydrogens is 426 g/mol. The molecule has 32 heavy (non-hydrogen) atoms. The van der Waals surface area contributed by atoms with Gasteiger partial charge in [0.05, 0.1) is 12.5 Å². The number of nitrogens with zero attached hydrogens (tertiary/aromatic N) is 4. The lowest BCUT2D eigenvalue weighted by atomic mass is 9.97. The predicted octanol–water partition coefficient (Wildman–Crippen LogP) is 2.85. The molecule has 0 radical (unpaired) electrons. The lowest BCUT2D eigenvalue weighted by molar-refractivity contribution is -0.133. The first kappa shape index (κ1) is 23.0. The maximum Gasteiger partial charge on any atom is 0.231 e. The largest absolute Gasteiger partial charge is 0.383 e. The quantitative estimate of drug-likeness (QED) is 0.615. The van der Waals surface area contributed by atoms with Crippen molar-refractivity contribution in [2.75, 3.05) is 57.9 Å². The van der Waals surface area contributed by atoms with Gasteiger partial charge in [-0.3, -0.25) is 4.79 Å². The zero-order valence-corrected chi connectivity index (χ0v) is 19.6. The summed E-state index contributed by atoms with van der Waals surface area (Å²) in [6.07, 6.45) is 3.85. The van der Waals surface area contributed by atoms with Crippen molar-refractivity contribution in [3.63, 3.8) is 0 Å². The number of carbonyl (C=O) groups excluding carboxylic acids is 1. The molecule has 1 aromatic heterocycles. The van der Waals surface area contributed by atoms with E-state index >= 15 is 0 Å². The number of hydrogen-bond donors (Lipinski definition) is 1. The van der Waals surface area contributed by atoms with E-state index in [4.69, 9.17) is 16.3 Å². The Labute approximate surface area is 195 Å². The molecule has 7 nitrogen and oxygen atoms in total. The first-order valence-corrected chi connectivity index (χ1v) is 11.8. The van der Waals surface area contributed by atoms with E-state index in [1.807, 2.05) is 29.2 Å². The SMILES string of the molecule is COCCNC[C@@H](C(=O)N1CCN(c2ncnc3c2[C@H](C)CC3)CC1)c1ccc(Cl)cc1. The predicted molar refractivity (Wildman–Crippen MR) is 126 cm³/mol. The molecule has 0 spiro atoms. The molecule has 1 aliphatic heterocycles. The number of hydrogen-bond acceptors (Lipinski definition) is 6. The molecule has 1 saturated heterocycles. The maximum absolute atomic E-state index is 13.5. The number of carbonyl (C=O) groups is 1. The molecule has 2 heterocycles. The monoisotopic (exact) mass is 457 g/mol. The van der Waals surface area contributed by atoms with Crippen molar-refractivity contribution in [1.82, 2.24) is 20.2 Å². The van der Waals surface area contributed by atoms with Crippen LogP contribution in [0.1, 0.15) is 42.0 Å². The van der Waals surface area contributed by atoms with Gasteiger partial charge in [0.1, 0.15) is 12.1 Å². The Morgan fingerprint density at radius 2 is 1.97 bits per heavy atom. The molecule has 8 heteroatoms. The number of piperazine rings is 1. The third kappa shape index (κ3) is 5.05. The van der Waals surface area contributed by atoms with Gasteiger partial charge in [0.2, 0.25) is 5.91 Å². The fourth-order valence-electron chi connectivity index (χ4n) is 4.70. The number of anilines is 1. The molecule has 1 N–H and O–H groups in total. The van der Waals surface area contributed by atoms with Crippen LogP contribution in [0.3, 0.4) is 0 Å². The van der Waals surface area contributed by atoms with Crippen molar-refractivity contribution < 1.29 is 9.53 Å². The molecule has 2 atom stereocenters. The molecule has 1 fully saturated rings. The van der Waals surface area contributed by atoms with Crippen molar-refractivity contribution >= 4 is 23.3 Å². The molecule has 2 aliphatic rings. The fourth-order valence-corrected chi connectivity index (χ4v) is 4.82. The minimum Gasteiger partial charge on any atom is -0.383 e. The third-order valence-electron chi connectivity index (χ3n) is 6.55. The van der Waals surface area contributed by atoms with Crippen LogP contribution < -0.4 is 10.2 Å². The second kappa shape index (κ2) is 10.6. The van der Waals surface area contributed by atoms with E-state index in [1.165, 1.54) is 11.3 Å². The number of methoxy groups -OCH3 is 1. The van der Waals surface area contributed by atoms with E-state index < -0.39 is 0 Å². The number of rotatable bonds is 8. The Hall–Kier alpha value is -2.22. The number of halogens is 1. The third-order valence-corrected chi connectivity index (χ3v) is 6.80. The minimum absolute atomic E-state index is 0.151. The van der Waals surface area contributed by atoms with Crippen LogP contribution in [0.5, 0.6) is 0 Å². The zero-order valence-electron chi connectivity index (χ0n) is 18.9. The maximum atomic E-state index is 13.5. The molecule has 0 saturated carbocycles. The average Bonchev–Trinajstić information content (AvgIpc) is 3.21. The summed E-state index contributed by atoms with van der Waals surface area (Å²) >= 11 is 6.07. The first-order chi connectivity index (χ1) is 15.6. The van der Waals surface area contributed by atoms with E-state index in [0.29, 0.717) is 43.7 Å². The number of aryl methyl sites for hydroxylation is 1. The van der Waals surface area contributed by atoms with Crippen molar-refractivity contribution in [3.8, 4) is 0 Å². The van der Waals surface area contributed by atoms with Gasteiger partial charge in [0, 0.05) is 62.7 Å². The molecule has 2 aromatic rings. The van der Waals surface area contributed by atoms with Gasteiger partial charge in [-0.25, -0.2) is 9.97 Å². The molecule has 1 aromatic carbocycles. The molecule has 172 valence electrons. The van der Waals surface area contributed by atoms with Gasteiger partial charge >= 0.3 is 0 Å². The van der Waals surface area contributed by atoms with E-state index in [2.05, 4.69) is 27.1 Å². The summed E-state index contributed by atoms with van der Waals surface area (Å²) in [7, 11) is 1.68. The summed E-state index contributed by atoms with van der Waals surface area (Å²) < 4.78 is 5.12. The normalized spacial score (nSPS) is 19.2. The summed E-state index contributed by atoms with van der Waals surface area (Å²) in [6.45, 7) is 7.09. The van der Waals surface area contributed by atoms with Gasteiger partial charge < -0.3 is 19.9 Å². The highest BCUT2D eigenvalue weighted by atomic mass is 35.5. The van der Waals surface area contributed by atoms with Crippen LogP contribution >= 0.6 is 11.6 Å². The Kier molecular flexibility index (Phi) is 7.60. The number of fused-ring (bicyclic) bond motifs is 1. The van der Waals surface area contributed by atoms with Crippen molar-refractivity contribution in [2.45, 2.75) is 31.6 Å². The van der Waals surface area contributed by atoms with Crippen molar-refractivity contribution in [2.24, 2.45) is 0 Å². The minimum atomic E-state index is -0.251. The van der Waals surface area contributed by atoms with Crippen LogP contribution in [0.2, 0.25) is 5.02 Å². The van der Waals surface area contributed by atoms with Gasteiger partial charge in [-0.1, -0.05) is 30.7 Å². The summed E-state index contributed by atoms with van der Waals surface area (Å²) in [5.74, 6) is 1.45. The highest BCUT2D eigenvalue weighted by molar-refractivity contribution is 6.30. The molecule has 1 aliphatic carbocycles. The molecule has 0 bridgehead atoms. The van der Waals surface area contributed by atoms with E-state index in [0.717, 1.165) is 37.3 Å². The first-order valence-electron chi connectivity index (χ1n) is 11.4. The summed E-state index contributed by atoms with van der Waals surface area (Å²) in [5.41, 5.74) is 3.47. The van der Waals surface area contributed by atoms with Gasteiger partial charge in [-0.2, -0.15) is 0 Å². The van der Waals surface area contributed by atoms with Crippen molar-refractivity contribution in [1.29, 1.82) is 0 Å². The van der Waals surface area contributed by atoms with E-state index in [1.54, 1.807) is 13.4 Å². The Bertz CT molecular complexity index is 915. The summed E-state index contributed by atoms with van der Waals surface area (Å²) in [4.78, 5) is 26.9. The van der Waals surface area contributed by atoms with Gasteiger partial charge in [0.25, 0.3) is 0 Å². The van der Waals surface area contributed by atoms with Gasteiger partial charge in [-0.05, 0) is 36.5 Å². The second-order valence-corrected chi connectivity index (χ2v) is 9.05. The fraction of sp³-hybridized carbons (Fsp3) is 0.542. The van der Waals surface area contributed by atoms with E-state index in [-0.39, 0.29) is 11.8 Å². The number of aromatic nitrogens is 2. The van der Waals surface area contributed by atoms with Crippen LogP contribution in [-0.2, 0) is 16.0 Å². The molecule has 4 rings (SSSR count). The number of nitrogens with one attached hydrogen (secondary N) is 1. The topological polar surface area (TPSA) is 70.6 Å². The lowest BCUT2D eigenvalue weighted by Crippen LogP contribution is -2.51. The number of ether oxygens (including phenoxy) is 1. The highest BCUT2D eigenvalue weighted by Crippen LogP contribution is 2.37. The standard InChI is InChI=1S/C24H32ClN5O2/c1-17-3-8-21-22(17)23(28-16-27-21)29-10-12-30(13-11-29)24(31)20(15-26-9-14-32-2)18-4-6-19(25)7-5-18/h4-7,16-17,20,26H,3,8-15H2,1-2H3/t17-,20-/m1/s1. The number of benzene rings is 1. The lowest BCUT2D eigenvalue weighted by Gasteiger charge is -2.38. The second-order valence-electron chi connectivity index (χ2n) is 8.61. The smallest absolute Gasteiger partial charge is 0.231 e. The summed E-state index contributed by atoms with van der Waals surface area (Å²) in [5, 5.41) is 4.03. The molecule has 0 unspecified atom stereocenters. The highest BCUT2D eigenvalue weighted by Gasteiger charge is 2.31. The Morgan fingerprint density at radius 1 is 1.22 bits per heavy atom. The zero-order chi connectivity index (χ0) is 22.5. The van der Waals surface area contributed by atoms with Crippen LogP contribution in [0.15, 0.2) is 30.6 Å². The van der Waals surface area contributed by atoms with Gasteiger partial charge in [-0.15, -0.1) is 0 Å². The van der Waals surface area contributed by atoms with Crippen LogP contribution in [0, 0.1) is 0 Å². The average molecular weight is 458 g/mol. The van der Waals surface area contributed by atoms with Crippen LogP contribution in [0.4, 0.5) is 5.82 Å². The molecule has 1 amide bonds. The van der Waals surface area contributed by atoms with Crippen LogP contribution in [0.25, 0.3) is 0 Å². The Morgan fingerprint density at radius 3 is 2.69 bits per heavy atom. The number of amides is 1. The van der Waals surface area contributed by atoms with Gasteiger partial charge in [0.15, 0.2) is 0 Å².